The van der Waals surface area contributed by atoms with Crippen molar-refractivity contribution >= 4 is 49.1 Å². The number of aromatic nitrogens is 1. The Labute approximate surface area is 190 Å². The second-order valence-corrected chi connectivity index (χ2v) is 11.1. The van der Waals surface area contributed by atoms with Gasteiger partial charge in [-0.25, -0.2) is 4.98 Å². The van der Waals surface area contributed by atoms with Crippen molar-refractivity contribution in [1.29, 1.82) is 0 Å². The molecule has 0 saturated heterocycles. The minimum absolute atomic E-state index is 0.0666. The lowest BCUT2D eigenvalue weighted by atomic mass is 10.2. The normalized spacial score (nSPS) is 15.5. The van der Waals surface area contributed by atoms with Gasteiger partial charge in [0, 0.05) is 4.90 Å². The number of aryl methyl sites for hydroxylation is 1. The number of thioether (sulfide) groups is 1. The minimum atomic E-state index is -4.02. The zero-order valence-corrected chi connectivity index (χ0v) is 19.5. The zero-order chi connectivity index (χ0) is 22.0. The molecule has 0 aliphatic carbocycles. The maximum atomic E-state index is 10.5. The predicted molar refractivity (Wildman–Crippen MR) is 129 cm³/mol. The molecule has 0 saturated carbocycles. The molecule has 0 amide bonds. The van der Waals surface area contributed by atoms with Crippen LogP contribution in [0.4, 0.5) is 5.69 Å². The molecule has 1 aromatic heterocycles. The third kappa shape index (κ3) is 5.10. The number of thiazole rings is 1. The van der Waals surface area contributed by atoms with E-state index in [0.717, 1.165) is 17.6 Å². The summed E-state index contributed by atoms with van der Waals surface area (Å²) in [5.41, 5.74) is 3.40. The quantitative estimate of drug-likeness (QED) is 0.371. The van der Waals surface area contributed by atoms with Crippen LogP contribution in [0.5, 0.6) is 0 Å². The standard InChI is InChI=1S/C16H14N2S2.C7H8O3S/c1-11-18(13-7-3-5-9-15(13)19-11)10-16-17-12-6-2-4-8-14(12)20-16;1-6-2-4-7(5-3-6)11(8,9)10/h2-9,11H,10H2,1H3;2-5H,1H3,(H,8,9,10). The Balaban J connectivity index is 0.000000180. The summed E-state index contributed by atoms with van der Waals surface area (Å²) in [5.74, 6) is 0. The van der Waals surface area contributed by atoms with E-state index in [0.29, 0.717) is 5.37 Å². The third-order valence-electron chi connectivity index (χ3n) is 4.87. The molecular weight excluding hydrogens is 448 g/mol. The number of hydrogen-bond donors (Lipinski definition) is 1. The first-order valence-electron chi connectivity index (χ1n) is 9.72. The zero-order valence-electron chi connectivity index (χ0n) is 17.1. The first kappa shape index (κ1) is 21.8. The molecule has 1 N–H and O–H groups in total. The summed E-state index contributed by atoms with van der Waals surface area (Å²) in [6.45, 7) is 5.00. The van der Waals surface area contributed by atoms with E-state index in [2.05, 4.69) is 60.4 Å². The lowest BCUT2D eigenvalue weighted by Gasteiger charge is -2.22. The lowest BCUT2D eigenvalue weighted by molar-refractivity contribution is 0.483. The molecule has 1 aliphatic rings. The fourth-order valence-corrected chi connectivity index (χ4v) is 5.89. The van der Waals surface area contributed by atoms with Gasteiger partial charge in [-0.3, -0.25) is 4.55 Å². The van der Waals surface area contributed by atoms with Crippen LogP contribution < -0.4 is 4.90 Å². The number of anilines is 1. The Bertz CT molecular complexity index is 1270. The first-order valence-corrected chi connectivity index (χ1v) is 12.9. The summed E-state index contributed by atoms with van der Waals surface area (Å²) < 4.78 is 30.8. The SMILES string of the molecule is CC1Sc2ccccc2N1Cc1nc2ccccc2s1.Cc1ccc(S(=O)(=O)O)cc1. The topological polar surface area (TPSA) is 70.5 Å². The fourth-order valence-electron chi connectivity index (χ4n) is 3.29. The monoisotopic (exact) mass is 470 g/mol. The van der Waals surface area contributed by atoms with Gasteiger partial charge in [-0.2, -0.15) is 8.42 Å². The molecule has 2 heterocycles. The largest absolute Gasteiger partial charge is 0.352 e. The Morgan fingerprint density at radius 1 is 1.00 bits per heavy atom. The van der Waals surface area contributed by atoms with E-state index in [4.69, 9.17) is 9.54 Å². The van der Waals surface area contributed by atoms with Crippen molar-refractivity contribution in [3.63, 3.8) is 0 Å². The second kappa shape index (κ2) is 9.00. The lowest BCUT2D eigenvalue weighted by Crippen LogP contribution is -2.25. The predicted octanol–water partition coefficient (Wildman–Crippen LogP) is 6.00. The first-order chi connectivity index (χ1) is 14.8. The molecule has 3 aromatic carbocycles. The van der Waals surface area contributed by atoms with E-state index in [-0.39, 0.29) is 4.90 Å². The highest BCUT2D eigenvalue weighted by atomic mass is 32.2. The van der Waals surface area contributed by atoms with Crippen LogP contribution in [0.25, 0.3) is 10.2 Å². The molecule has 1 aliphatic heterocycles. The van der Waals surface area contributed by atoms with E-state index in [1.54, 1.807) is 23.5 Å². The molecule has 1 unspecified atom stereocenters. The molecular formula is C23H22N2O3S3. The smallest absolute Gasteiger partial charge is 0.294 e. The summed E-state index contributed by atoms with van der Waals surface area (Å²) in [6.07, 6.45) is 0. The van der Waals surface area contributed by atoms with Gasteiger partial charge in [0.1, 0.15) is 5.01 Å². The molecule has 5 rings (SSSR count). The Morgan fingerprint density at radius 2 is 1.68 bits per heavy atom. The number of hydrogen-bond acceptors (Lipinski definition) is 6. The van der Waals surface area contributed by atoms with Crippen molar-refractivity contribution in [1.82, 2.24) is 4.98 Å². The molecule has 160 valence electrons. The average Bonchev–Trinajstić information content (AvgIpc) is 3.29. The number of para-hydroxylation sites is 2. The molecule has 31 heavy (non-hydrogen) atoms. The van der Waals surface area contributed by atoms with E-state index < -0.39 is 10.1 Å². The number of fused-ring (bicyclic) bond motifs is 2. The van der Waals surface area contributed by atoms with E-state index in [1.165, 1.54) is 32.4 Å². The van der Waals surface area contributed by atoms with Crippen LogP contribution in [0.2, 0.25) is 0 Å². The molecule has 1 atom stereocenters. The van der Waals surface area contributed by atoms with Crippen LogP contribution in [0.15, 0.2) is 82.6 Å². The Hall–Kier alpha value is -2.39. The summed E-state index contributed by atoms with van der Waals surface area (Å²) in [6, 6.07) is 23.0. The summed E-state index contributed by atoms with van der Waals surface area (Å²) in [4.78, 5) is 8.50. The van der Waals surface area contributed by atoms with Gasteiger partial charge in [0.05, 0.1) is 32.7 Å². The van der Waals surface area contributed by atoms with Crippen molar-refractivity contribution in [3.8, 4) is 0 Å². The molecule has 0 spiro atoms. The van der Waals surface area contributed by atoms with Crippen LogP contribution in [0.3, 0.4) is 0 Å². The van der Waals surface area contributed by atoms with E-state index in [9.17, 15) is 8.42 Å². The highest BCUT2D eigenvalue weighted by molar-refractivity contribution is 8.00. The van der Waals surface area contributed by atoms with Crippen LogP contribution in [-0.4, -0.2) is 23.3 Å². The van der Waals surface area contributed by atoms with Gasteiger partial charge in [0.25, 0.3) is 10.1 Å². The van der Waals surface area contributed by atoms with Crippen LogP contribution >= 0.6 is 23.1 Å². The molecule has 8 heteroatoms. The van der Waals surface area contributed by atoms with E-state index in [1.807, 2.05) is 18.7 Å². The van der Waals surface area contributed by atoms with Crippen LogP contribution in [0, 0.1) is 6.92 Å². The summed E-state index contributed by atoms with van der Waals surface area (Å²) in [7, 11) is -4.02. The van der Waals surface area contributed by atoms with E-state index >= 15 is 0 Å². The molecule has 0 fully saturated rings. The van der Waals surface area contributed by atoms with Gasteiger partial charge in [-0.05, 0) is 50.2 Å². The molecule has 4 aromatic rings. The van der Waals surface area contributed by atoms with Gasteiger partial charge in [-0.15, -0.1) is 11.3 Å². The Kier molecular flexibility index (Phi) is 6.34. The van der Waals surface area contributed by atoms with Gasteiger partial charge in [0.15, 0.2) is 0 Å². The van der Waals surface area contributed by atoms with Crippen molar-refractivity contribution in [2.45, 2.75) is 35.6 Å². The number of benzene rings is 3. The maximum absolute atomic E-state index is 10.5. The van der Waals surface area contributed by atoms with Gasteiger partial charge < -0.3 is 4.90 Å². The van der Waals surface area contributed by atoms with Gasteiger partial charge in [-0.1, -0.05) is 53.7 Å². The van der Waals surface area contributed by atoms with Crippen molar-refractivity contribution in [3.05, 3.63) is 83.4 Å². The molecule has 0 radical (unpaired) electrons. The third-order valence-corrected chi connectivity index (χ3v) is 7.96. The van der Waals surface area contributed by atoms with Crippen molar-refractivity contribution < 1.29 is 13.0 Å². The van der Waals surface area contributed by atoms with Crippen molar-refractivity contribution in [2.75, 3.05) is 4.90 Å². The fraction of sp³-hybridized carbons (Fsp3) is 0.174. The molecule has 5 nitrogen and oxygen atoms in total. The highest BCUT2D eigenvalue weighted by Crippen LogP contribution is 2.43. The van der Waals surface area contributed by atoms with Crippen LogP contribution in [0.1, 0.15) is 17.5 Å². The summed E-state index contributed by atoms with van der Waals surface area (Å²) >= 11 is 3.73. The number of nitrogens with zero attached hydrogens (tertiary/aromatic N) is 2. The Morgan fingerprint density at radius 3 is 2.39 bits per heavy atom. The highest BCUT2D eigenvalue weighted by Gasteiger charge is 2.27. The minimum Gasteiger partial charge on any atom is -0.352 e. The van der Waals surface area contributed by atoms with Gasteiger partial charge in [0.2, 0.25) is 0 Å². The maximum Gasteiger partial charge on any atom is 0.294 e. The second-order valence-electron chi connectivity index (χ2n) is 7.18. The number of rotatable bonds is 3. The summed E-state index contributed by atoms with van der Waals surface area (Å²) in [5, 5.41) is 1.66. The van der Waals surface area contributed by atoms with Crippen molar-refractivity contribution in [2.24, 2.45) is 0 Å². The molecule has 0 bridgehead atoms. The van der Waals surface area contributed by atoms with Gasteiger partial charge >= 0.3 is 0 Å². The average molecular weight is 471 g/mol. The van der Waals surface area contributed by atoms with Crippen LogP contribution in [-0.2, 0) is 16.7 Å².